The Labute approximate surface area is 863 Å². The number of piperazine rings is 4. The van der Waals surface area contributed by atoms with Gasteiger partial charge in [-0.3, -0.25) is 29.1 Å². The number of anilines is 9. The second-order valence-corrected chi connectivity index (χ2v) is 39.2. The molecule has 35 heteroatoms. The van der Waals surface area contributed by atoms with Gasteiger partial charge in [0.1, 0.15) is 59.0 Å². The lowest BCUT2D eigenvalue weighted by atomic mass is 10.0. The Bertz CT molecular complexity index is 6840. The maximum Gasteiger partial charge on any atom is 0.318 e. The lowest BCUT2D eigenvalue weighted by Crippen LogP contribution is -2.56. The highest BCUT2D eigenvalue weighted by Gasteiger charge is 2.38. The number of hydrogen-bond acceptors (Lipinski definition) is 31. The molecule has 3 atom stereocenters. The van der Waals surface area contributed by atoms with Crippen LogP contribution in [0.5, 0.6) is 35.3 Å². The fourth-order valence-corrected chi connectivity index (χ4v) is 21.6. The van der Waals surface area contributed by atoms with Gasteiger partial charge in [0.05, 0.1) is 80.9 Å². The number of phenolic OH excluding ortho intramolecular Hbond substituents is 3. The van der Waals surface area contributed by atoms with Crippen LogP contribution in [0, 0.1) is 0 Å². The third-order valence-corrected chi connectivity index (χ3v) is 29.4. The Morgan fingerprint density at radius 2 is 0.838 bits per heavy atom. The van der Waals surface area contributed by atoms with Crippen molar-refractivity contribution >= 4 is 119 Å². The minimum absolute atomic E-state index is 0.00825. The molecule has 12 aromatic rings. The summed E-state index contributed by atoms with van der Waals surface area (Å²) in [6.45, 7) is 37.5. The average molecular weight is 2010 g/mol. The van der Waals surface area contributed by atoms with Crippen LogP contribution in [-0.4, -0.2) is 321 Å². The van der Waals surface area contributed by atoms with E-state index in [1.807, 2.05) is 139 Å². The summed E-state index contributed by atoms with van der Waals surface area (Å²) in [6.07, 6.45) is 15.0. The standard InChI is InChI=1S/C32H40N6O3.C29H36N6O4.C28H33N5O4.C24H26N6O/c1-3-30(40)36-15-17-37(18-16-36)31-27-11-14-38(29-20-25(39)19-24-9-5-6-10-26(24)29)22-28(27)33-32(34-31)41-23(2)21-35-12-7-4-8-13-35;1-4-27(38)33-11-13-34(14-12-33)28-24-9-10-35(26-16-22(37)15-20-7-5-6-8-23(20)26)17-25(24)30-29(31-28)39-19-21(18-36)32(2)3;1-3-13-37-28-29-24-17-31(25-15-21(35)14-19-7-5-6-8-22(19)25)10-9-23(24)27(30-28)33-12-11-32(26(36)4-2)16-20(33)18-34;1-2-23(31)29-13-11-28(12-14-29)21-7-9-26-20-16-30(10-8-19(20)21)24-18-6-4-3-5-17(18)15-22(25)27-24/h3,5-6,9-10,19-20,23,39H,1,4,7-8,11-18,21-22H2,2H3;4-8,15-16,21,36-37H,1,9-14,17-19H2,2-3H3;4-8,14-15,20,34-35H,2-3,9-13,16-18H2,1H3;2-7,9,15H,1,8,10-14,16H2,(H2,25,27)/t23-;;;/m1.../s1. The predicted octanol–water partition coefficient (Wildman–Crippen LogP) is 11.5. The van der Waals surface area contributed by atoms with E-state index < -0.39 is 0 Å². The van der Waals surface area contributed by atoms with Crippen LogP contribution >= 0.6 is 0 Å². The number of phenols is 3. The first-order valence-electron chi connectivity index (χ1n) is 51.7. The first-order valence-corrected chi connectivity index (χ1v) is 51.7. The zero-order valence-electron chi connectivity index (χ0n) is 85.2. The number of nitrogens with two attached hydrogens (primary N) is 1. The van der Waals surface area contributed by atoms with E-state index in [0.717, 1.165) is 207 Å². The van der Waals surface area contributed by atoms with Crippen molar-refractivity contribution in [2.75, 3.05) is 229 Å². The fraction of sp³-hybridized carbons (Fsp3) is 0.398. The topological polar surface area (TPSA) is 372 Å². The number of carbonyl (C=O) groups excluding carboxylic acids is 4. The molecular formula is C113H135N23O12. The number of piperidine rings is 1. The summed E-state index contributed by atoms with van der Waals surface area (Å²) in [7, 11) is 3.79. The van der Waals surface area contributed by atoms with E-state index in [0.29, 0.717) is 142 Å². The SMILES string of the molecule is C=CC(=O)N1CCN(c2ccnc3c2CCN(c2nc(N)cc4ccccc24)C3)CC1.C=CC(=O)N1CCN(c2nc(OCC(CO)N(C)C)nc3c2CCN(c2cc(O)cc4ccccc24)C3)CC1.C=CC(=O)N1CCN(c2nc(OCCC)nc3c2CCN(c2cc(O)cc4ccccc24)C3)C(CO)C1.C=CC(=O)N1CCN(c2nc(O[C@H](C)CN3CCCCC3)nc3c2CCN(c2cc(O)cc4ccccc24)C3)CC1. The van der Waals surface area contributed by atoms with E-state index in [4.69, 9.17) is 54.8 Å². The molecule has 5 aromatic heterocycles. The van der Waals surface area contributed by atoms with Crippen LogP contribution in [0.25, 0.3) is 43.1 Å². The Kier molecular flexibility index (Phi) is 32.7. The highest BCUT2D eigenvalue weighted by atomic mass is 16.5. The van der Waals surface area contributed by atoms with Crippen molar-refractivity contribution in [3.05, 3.63) is 247 Å². The van der Waals surface area contributed by atoms with Gasteiger partial charge in [0.2, 0.25) is 23.6 Å². The summed E-state index contributed by atoms with van der Waals surface area (Å²) in [5.74, 6) is 4.48. The first kappa shape index (κ1) is 103. The third kappa shape index (κ3) is 23.4. The van der Waals surface area contributed by atoms with Crippen LogP contribution in [0.3, 0.4) is 0 Å². The molecule has 0 saturated carbocycles. The monoisotopic (exact) mass is 2010 g/mol. The molecule has 35 nitrogen and oxygen atoms in total. The number of ether oxygens (including phenoxy) is 3. The van der Waals surface area contributed by atoms with Gasteiger partial charge in [-0.05, 0) is 155 Å². The zero-order chi connectivity index (χ0) is 103. The van der Waals surface area contributed by atoms with E-state index in [1.165, 1.54) is 54.8 Å². The molecule has 9 aliphatic rings. The molecule has 7 N–H and O–H groups in total. The van der Waals surface area contributed by atoms with Crippen molar-refractivity contribution in [2.45, 2.75) is 110 Å². The lowest BCUT2D eigenvalue weighted by molar-refractivity contribution is -0.127. The largest absolute Gasteiger partial charge is 0.508 e. The second-order valence-electron chi connectivity index (χ2n) is 39.2. The molecule has 21 rings (SSSR count). The summed E-state index contributed by atoms with van der Waals surface area (Å²) in [5, 5.41) is 59.7. The molecular weight excluding hydrogens is 1870 g/mol. The highest BCUT2D eigenvalue weighted by molar-refractivity contribution is 5.99. The van der Waals surface area contributed by atoms with Crippen molar-refractivity contribution in [3.63, 3.8) is 0 Å². The molecule has 0 radical (unpaired) electrons. The van der Waals surface area contributed by atoms with Crippen LogP contribution in [0.4, 0.5) is 51.8 Å². The number of nitrogens with zero attached hydrogens (tertiary/aromatic N) is 22. The van der Waals surface area contributed by atoms with Crippen LogP contribution in [0.1, 0.15) is 84.6 Å². The first-order chi connectivity index (χ1) is 72.0. The summed E-state index contributed by atoms with van der Waals surface area (Å²) in [4.78, 5) is 117. The van der Waals surface area contributed by atoms with E-state index in [-0.39, 0.29) is 84.9 Å². The van der Waals surface area contributed by atoms with Crippen molar-refractivity contribution < 1.29 is 58.9 Å². The van der Waals surface area contributed by atoms with Gasteiger partial charge in [-0.25, -0.2) is 4.98 Å². The molecule has 0 spiro atoms. The van der Waals surface area contributed by atoms with E-state index in [9.17, 15) is 44.7 Å². The van der Waals surface area contributed by atoms with E-state index in [1.54, 1.807) is 21.9 Å². The molecule has 2 unspecified atom stereocenters. The quantitative estimate of drug-likeness (QED) is 0.0289. The smallest absolute Gasteiger partial charge is 0.318 e. The van der Waals surface area contributed by atoms with Gasteiger partial charge in [0, 0.05) is 222 Å². The molecule has 9 aliphatic heterocycles. The Balaban J connectivity index is 0.000000130. The van der Waals surface area contributed by atoms with Crippen LogP contribution in [0.15, 0.2) is 202 Å². The molecule has 5 saturated heterocycles. The Morgan fingerprint density at radius 1 is 0.426 bits per heavy atom. The number of aliphatic hydroxyl groups is 2. The van der Waals surface area contributed by atoms with Gasteiger partial charge in [0.25, 0.3) is 0 Å². The number of aromatic nitrogens is 8. The minimum atomic E-state index is -0.288. The van der Waals surface area contributed by atoms with E-state index >= 15 is 0 Å². The van der Waals surface area contributed by atoms with Gasteiger partial charge in [0.15, 0.2) is 0 Å². The number of aliphatic hydroxyl groups excluding tert-OH is 2. The molecule has 14 heterocycles. The number of likely N-dealkylation sites (tertiary alicyclic amines) is 1. The van der Waals surface area contributed by atoms with Gasteiger partial charge in [-0.15, -0.1) is 0 Å². The van der Waals surface area contributed by atoms with Crippen LogP contribution in [-0.2, 0) is 71.0 Å². The summed E-state index contributed by atoms with van der Waals surface area (Å²) < 4.78 is 18.3. The summed E-state index contributed by atoms with van der Waals surface area (Å²) in [5.41, 5.74) is 18.6. The maximum atomic E-state index is 12.2. The Hall–Kier alpha value is -15.2. The number of carbonyl (C=O) groups is 4. The van der Waals surface area contributed by atoms with Crippen molar-refractivity contribution in [2.24, 2.45) is 0 Å². The average Bonchev–Trinajstić information content (AvgIpc) is 0.765. The Morgan fingerprint density at radius 3 is 1.31 bits per heavy atom. The van der Waals surface area contributed by atoms with E-state index in [2.05, 4.69) is 119 Å². The number of nitrogen functional groups attached to an aromatic ring is 1. The van der Waals surface area contributed by atoms with Gasteiger partial charge in [-0.2, -0.15) is 29.9 Å². The van der Waals surface area contributed by atoms with Gasteiger partial charge in [-0.1, -0.05) is 137 Å². The predicted molar refractivity (Wildman–Crippen MR) is 581 cm³/mol. The molecule has 0 aliphatic carbocycles. The second kappa shape index (κ2) is 47.1. The zero-order valence-corrected chi connectivity index (χ0v) is 85.2. The van der Waals surface area contributed by atoms with Gasteiger partial charge < -0.3 is 109 Å². The molecule has 7 aromatic carbocycles. The molecule has 4 amide bonds. The number of likely N-dealkylation sites (N-methyl/N-ethyl adjacent to an activating group) is 1. The van der Waals surface area contributed by atoms with Crippen molar-refractivity contribution in [1.29, 1.82) is 0 Å². The normalized spacial score (nSPS) is 17.3. The van der Waals surface area contributed by atoms with Crippen molar-refractivity contribution in [3.8, 4) is 35.3 Å². The van der Waals surface area contributed by atoms with Crippen molar-refractivity contribution in [1.82, 2.24) is 69.3 Å². The minimum Gasteiger partial charge on any atom is -0.508 e. The fourth-order valence-electron chi connectivity index (χ4n) is 21.6. The number of aromatic hydroxyl groups is 3. The number of rotatable bonds is 25. The number of amides is 4. The highest BCUT2D eigenvalue weighted by Crippen LogP contribution is 2.43. The lowest BCUT2D eigenvalue weighted by Gasteiger charge is -2.42. The number of fused-ring (bicyclic) bond motifs is 8. The molecule has 774 valence electrons. The van der Waals surface area contributed by atoms with Crippen LogP contribution < -0.4 is 59.1 Å². The number of benzene rings is 7. The molecule has 5 fully saturated rings. The summed E-state index contributed by atoms with van der Waals surface area (Å²) >= 11 is 0. The number of pyridine rings is 2. The van der Waals surface area contributed by atoms with Gasteiger partial charge >= 0.3 is 18.0 Å². The third-order valence-electron chi connectivity index (χ3n) is 29.4. The number of hydrogen-bond donors (Lipinski definition) is 6. The molecule has 148 heavy (non-hydrogen) atoms. The summed E-state index contributed by atoms with van der Waals surface area (Å²) in [6, 6.07) is 47.9. The molecule has 0 bridgehead atoms. The van der Waals surface area contributed by atoms with Crippen LogP contribution in [0.2, 0.25) is 0 Å². The maximum absolute atomic E-state index is 12.2.